The largest absolute Gasteiger partial charge is 1.00 e. The van der Waals surface area contributed by atoms with E-state index in [-0.39, 0.29) is 162 Å². The number of phenols is 8. The van der Waals surface area contributed by atoms with Crippen LogP contribution >= 0.6 is 63.7 Å². The van der Waals surface area contributed by atoms with E-state index in [1.54, 1.807) is 47.6 Å². The van der Waals surface area contributed by atoms with Gasteiger partial charge in [-0.1, -0.05) is 138 Å². The average molecular weight is 1740 g/mol. The van der Waals surface area contributed by atoms with Crippen molar-refractivity contribution in [2.24, 2.45) is 11.8 Å². The Kier molecular flexibility index (Phi) is 59.4. The van der Waals surface area contributed by atoms with Gasteiger partial charge in [0.15, 0.2) is 5.78 Å². The van der Waals surface area contributed by atoms with E-state index in [0.29, 0.717) is 69.9 Å². The molecule has 0 fully saturated rings. The molecule has 0 saturated carbocycles. The third kappa shape index (κ3) is 37.8. The number of aryl methyl sites for hydroxylation is 2. The molecule has 4 aromatic rings. The monoisotopic (exact) mass is 1740 g/mol. The van der Waals surface area contributed by atoms with Crippen molar-refractivity contribution >= 4 is 105 Å². The zero-order valence-electron chi connectivity index (χ0n) is 63.8. The molecule has 1 aliphatic carbocycles. The third-order valence-corrected chi connectivity index (χ3v) is 19.0. The maximum atomic E-state index is 12.0. The first-order valence-electron chi connectivity index (χ1n) is 36.1. The van der Waals surface area contributed by atoms with Gasteiger partial charge in [0.05, 0.1) is 47.9 Å². The van der Waals surface area contributed by atoms with Crippen LogP contribution in [-0.2, 0) is 63.8 Å². The van der Waals surface area contributed by atoms with Crippen LogP contribution in [0, 0.1) is 17.9 Å². The SMILES string of the molecule is CCCCC/C=C/C(C)=O.CCCCCC1C[C-]=CC(=O)C1C(=O)OCC.CCCCCc1c(Br)c(O)c(Br)c(O)c1C(=O)OCC.CCCCCc1c(Br)c(O)cc(O)c1C(=O)OCC.CCCCCc1cc(O)c(Br)c(O)c1C(=O)OCC.CCCCCc1cc(O)cc(O)c1C(=O)OCC.[Na+].[OH-]. The van der Waals surface area contributed by atoms with Gasteiger partial charge in [-0.3, -0.25) is 15.7 Å². The van der Waals surface area contributed by atoms with Crippen LogP contribution in [-0.4, -0.2) is 121 Å². The Morgan fingerprint density at radius 1 is 0.448 bits per heavy atom. The number of rotatable bonds is 35. The smallest absolute Gasteiger partial charge is 0.870 e. The number of ether oxygens (including phenoxy) is 5. The Morgan fingerprint density at radius 2 is 0.848 bits per heavy atom. The number of hydrogen-bond donors (Lipinski definition) is 8. The molecule has 0 spiro atoms. The minimum absolute atomic E-state index is 0. The van der Waals surface area contributed by atoms with E-state index in [4.69, 9.17) is 23.7 Å². The Hall–Kier alpha value is -5.67. The van der Waals surface area contributed by atoms with Crippen LogP contribution < -0.4 is 29.6 Å². The van der Waals surface area contributed by atoms with E-state index in [1.165, 1.54) is 37.5 Å². The summed E-state index contributed by atoms with van der Waals surface area (Å²) in [5.41, 5.74) is 3.00. The second-order valence-corrected chi connectivity index (χ2v) is 27.2. The number of esters is 5. The van der Waals surface area contributed by atoms with Gasteiger partial charge in [-0.05, 0) is 216 Å². The minimum Gasteiger partial charge on any atom is -0.870 e. The summed E-state index contributed by atoms with van der Waals surface area (Å²) in [6.07, 6.45) is 32.0. The summed E-state index contributed by atoms with van der Waals surface area (Å²) in [5.74, 6) is -4.41. The fraction of sp³-hybridized carbons (Fsp3) is 0.557. The summed E-state index contributed by atoms with van der Waals surface area (Å²) in [7, 11) is 0. The third-order valence-electron chi connectivity index (χ3n) is 15.8. The fourth-order valence-electron chi connectivity index (χ4n) is 10.6. The van der Waals surface area contributed by atoms with Gasteiger partial charge in [0.1, 0.15) is 77.2 Å². The van der Waals surface area contributed by atoms with Gasteiger partial charge in [0.25, 0.3) is 5.97 Å². The van der Waals surface area contributed by atoms with Crippen LogP contribution in [0.4, 0.5) is 0 Å². The predicted octanol–water partition coefficient (Wildman–Crippen LogP) is 17.3. The molecule has 2 atom stereocenters. The Labute approximate surface area is 678 Å². The summed E-state index contributed by atoms with van der Waals surface area (Å²) < 4.78 is 25.9. The molecular weight excluding hydrogens is 1630 g/mol. The summed E-state index contributed by atoms with van der Waals surface area (Å²) in [5, 5.41) is 78.6. The first-order chi connectivity index (χ1) is 49.1. The molecule has 0 radical (unpaired) electrons. The molecule has 26 heteroatoms. The predicted molar refractivity (Wildman–Crippen MR) is 418 cm³/mol. The van der Waals surface area contributed by atoms with Gasteiger partial charge in [-0.15, -0.1) is 6.42 Å². The second kappa shape index (κ2) is 60.3. The van der Waals surface area contributed by atoms with E-state index in [9.17, 15) is 74.4 Å². The van der Waals surface area contributed by atoms with Crippen LogP contribution in [0.5, 0.6) is 46.0 Å². The van der Waals surface area contributed by atoms with Gasteiger partial charge < -0.3 is 74.8 Å². The number of benzene rings is 4. The molecular formula is C79H114Br4NaO21-. The van der Waals surface area contributed by atoms with E-state index >= 15 is 0 Å². The van der Waals surface area contributed by atoms with Crippen molar-refractivity contribution in [3.63, 3.8) is 0 Å². The first kappa shape index (κ1) is 103. The molecule has 0 aromatic heterocycles. The van der Waals surface area contributed by atoms with Crippen molar-refractivity contribution in [1.29, 1.82) is 0 Å². The maximum absolute atomic E-state index is 12.0. The van der Waals surface area contributed by atoms with Gasteiger partial charge in [-0.2, -0.15) is 6.08 Å². The van der Waals surface area contributed by atoms with Crippen LogP contribution in [0.25, 0.3) is 0 Å². The second-order valence-electron chi connectivity index (χ2n) is 24.0. The molecule has 9 N–H and O–H groups in total. The number of aromatic hydroxyl groups is 8. The van der Waals surface area contributed by atoms with Crippen molar-refractivity contribution in [3.8, 4) is 46.0 Å². The fourth-order valence-corrected chi connectivity index (χ4v) is 12.6. The Bertz CT molecular complexity index is 3320. The number of allylic oxidation sites excluding steroid dienone is 4. The first-order valence-corrected chi connectivity index (χ1v) is 39.3. The zero-order chi connectivity index (χ0) is 78.1. The molecule has 1 aliphatic rings. The zero-order valence-corrected chi connectivity index (χ0v) is 72.2. The molecule has 0 amide bonds. The summed E-state index contributed by atoms with van der Waals surface area (Å²) in [6.45, 7) is 24.1. The number of unbranched alkanes of at least 4 members (excludes halogenated alkanes) is 13. The molecule has 586 valence electrons. The van der Waals surface area contributed by atoms with E-state index < -0.39 is 29.8 Å². The number of phenolic OH excluding ortho intramolecular Hbond substituents is 8. The normalized spacial score (nSPS) is 12.4. The van der Waals surface area contributed by atoms with Crippen molar-refractivity contribution < 1.29 is 133 Å². The summed E-state index contributed by atoms with van der Waals surface area (Å²) >= 11 is 12.7. The van der Waals surface area contributed by atoms with Crippen molar-refractivity contribution in [2.45, 2.75) is 244 Å². The molecule has 4 aromatic carbocycles. The van der Waals surface area contributed by atoms with Gasteiger partial charge in [0.2, 0.25) is 0 Å². The van der Waals surface area contributed by atoms with E-state index in [0.717, 1.165) is 121 Å². The van der Waals surface area contributed by atoms with Crippen molar-refractivity contribution in [1.82, 2.24) is 0 Å². The van der Waals surface area contributed by atoms with Crippen molar-refractivity contribution in [2.75, 3.05) is 33.0 Å². The molecule has 5 rings (SSSR count). The molecule has 21 nitrogen and oxygen atoms in total. The van der Waals surface area contributed by atoms with Crippen LogP contribution in [0.15, 0.2) is 60.4 Å². The maximum Gasteiger partial charge on any atom is 1.00 e. The summed E-state index contributed by atoms with van der Waals surface area (Å²) in [6, 6.07) is 5.34. The van der Waals surface area contributed by atoms with Crippen LogP contribution in [0.2, 0.25) is 0 Å². The van der Waals surface area contributed by atoms with Gasteiger partial charge in [-0.25, -0.2) is 19.2 Å². The molecule has 0 saturated heterocycles. The summed E-state index contributed by atoms with van der Waals surface area (Å²) in [4.78, 5) is 81.5. The number of carbonyl (C=O) groups is 7. The molecule has 0 bridgehead atoms. The molecule has 0 heterocycles. The molecule has 105 heavy (non-hydrogen) atoms. The molecule has 2 unspecified atom stereocenters. The van der Waals surface area contributed by atoms with E-state index in [2.05, 4.69) is 111 Å². The van der Waals surface area contributed by atoms with Gasteiger partial charge in [0, 0.05) is 17.9 Å². The minimum atomic E-state index is -0.590. The van der Waals surface area contributed by atoms with Crippen LogP contribution in [0.1, 0.15) is 282 Å². The Balaban J connectivity index is -0.00000120. The molecule has 0 aliphatic heterocycles. The quantitative estimate of drug-likeness (QED) is 0.00403. The number of halogens is 4. The Morgan fingerprint density at radius 3 is 1.32 bits per heavy atom. The topological polar surface area (TPSA) is 357 Å². The number of carbonyl (C=O) groups excluding carboxylic acids is 7. The van der Waals surface area contributed by atoms with Crippen LogP contribution in [0.3, 0.4) is 0 Å². The van der Waals surface area contributed by atoms with Gasteiger partial charge >= 0.3 is 53.4 Å². The average Bonchev–Trinajstić information content (AvgIpc) is 0.791. The number of ketones is 2. The van der Waals surface area contributed by atoms with E-state index in [1.807, 2.05) is 6.08 Å². The van der Waals surface area contributed by atoms with Crippen molar-refractivity contribution in [3.05, 3.63) is 111 Å². The number of hydrogen-bond acceptors (Lipinski definition) is 21. The standard InChI is InChI=1S/C14H18Br2O4.2C14H19BrO4.C14H20O4.C14H21O3.C9H16O.Na.H2O/c1-3-5-6-7-8-9(14(19)20-4-2)12(17)11(16)13(18)10(8)15;1-3-5-6-7-9-12(14(18)19-4-2)10(16)8-11(17)13(9)15;1-3-5-6-7-9-8-10(16)12(15)13(17)11(9)14(18)19-4-2;1-3-5-6-7-10-8-11(15)9-12(16)13(10)14(17)18-4-2;1-3-5-6-8-11-9-7-10-12(15)13(11)14(16)17-4-2;1-3-4-5-6-7-8-9(2)10;;/h17-18H,3-7H2,1-2H3;2*8,16-17H,3-7H2,1-2H3;8-9,15-16H,3-7H2,1-2H3;10-11,13H,3-6,8-9H2,1-2H3;7-8H,3-6H2,1-2H3;;1H2/q;;;;-1;;+1;/p-1/b;;;;;8-7+;;.